The van der Waals surface area contributed by atoms with Gasteiger partial charge in [-0.2, -0.15) is 0 Å². The van der Waals surface area contributed by atoms with E-state index in [9.17, 15) is 9.59 Å². The number of aryl methyl sites for hydroxylation is 1. The first-order valence-electron chi connectivity index (χ1n) is 9.16. The van der Waals surface area contributed by atoms with Gasteiger partial charge >= 0.3 is 0 Å². The number of hydrogen-bond donors (Lipinski definition) is 0. The normalized spacial score (nSPS) is 15.4. The molecule has 0 N–H and O–H groups in total. The summed E-state index contributed by atoms with van der Waals surface area (Å²) in [6.45, 7) is 4.14. The van der Waals surface area contributed by atoms with Crippen molar-refractivity contribution >= 4 is 16.8 Å². The van der Waals surface area contributed by atoms with Gasteiger partial charge in [0.15, 0.2) is 5.43 Å². The molecule has 140 valence electrons. The second-order valence-corrected chi connectivity index (χ2v) is 6.94. The molecule has 2 aromatic heterocycles. The molecule has 1 saturated heterocycles. The quantitative estimate of drug-likeness (QED) is 0.694. The van der Waals surface area contributed by atoms with Gasteiger partial charge in [0, 0.05) is 63.3 Å². The van der Waals surface area contributed by atoms with Gasteiger partial charge in [0.1, 0.15) is 12.4 Å². The summed E-state index contributed by atoms with van der Waals surface area (Å²) in [5.74, 6) is 1.12. The zero-order valence-electron chi connectivity index (χ0n) is 15.4. The number of carbonyl (C=O) groups excluding carboxylic acids is 1. The van der Waals surface area contributed by atoms with E-state index in [1.54, 1.807) is 12.3 Å². The highest BCUT2D eigenvalue weighted by Crippen LogP contribution is 2.11. The van der Waals surface area contributed by atoms with Crippen molar-refractivity contribution in [2.75, 3.05) is 26.2 Å². The third-order valence-corrected chi connectivity index (χ3v) is 5.20. The largest absolute Gasteiger partial charge is 0.339 e. The molecule has 4 rings (SSSR count). The van der Waals surface area contributed by atoms with Gasteiger partial charge in [0.2, 0.25) is 5.91 Å². The summed E-state index contributed by atoms with van der Waals surface area (Å²) in [7, 11) is 2.00. The lowest BCUT2D eigenvalue weighted by atomic mass is 10.2. The number of benzene rings is 1. The average Bonchev–Trinajstić information content (AvgIpc) is 3.09. The highest BCUT2D eigenvalue weighted by Gasteiger charge is 2.22. The van der Waals surface area contributed by atoms with E-state index in [4.69, 9.17) is 0 Å². The van der Waals surface area contributed by atoms with Crippen LogP contribution in [-0.2, 0) is 24.9 Å². The summed E-state index contributed by atoms with van der Waals surface area (Å²) in [5, 5.41) is 0.646. The number of piperazine rings is 1. The molecule has 0 radical (unpaired) electrons. The number of aromatic nitrogens is 3. The van der Waals surface area contributed by atoms with Crippen molar-refractivity contribution in [2.45, 2.75) is 13.1 Å². The van der Waals surface area contributed by atoms with Crippen LogP contribution in [0.2, 0.25) is 0 Å². The number of fused-ring (bicyclic) bond motifs is 1. The van der Waals surface area contributed by atoms with Crippen LogP contribution in [0.1, 0.15) is 5.82 Å². The van der Waals surface area contributed by atoms with Gasteiger partial charge in [0.05, 0.1) is 12.1 Å². The Morgan fingerprint density at radius 2 is 1.85 bits per heavy atom. The number of hydrogen-bond acceptors (Lipinski definition) is 4. The molecule has 27 heavy (non-hydrogen) atoms. The summed E-state index contributed by atoms with van der Waals surface area (Å²) >= 11 is 0. The lowest BCUT2D eigenvalue weighted by molar-refractivity contribution is -0.133. The molecule has 7 nitrogen and oxygen atoms in total. The van der Waals surface area contributed by atoms with E-state index < -0.39 is 0 Å². The molecule has 1 aliphatic heterocycles. The summed E-state index contributed by atoms with van der Waals surface area (Å²) in [6.07, 6.45) is 5.47. The fraction of sp³-hybridized carbons (Fsp3) is 0.350. The first kappa shape index (κ1) is 17.5. The van der Waals surface area contributed by atoms with E-state index in [1.165, 1.54) is 6.07 Å². The summed E-state index contributed by atoms with van der Waals surface area (Å²) in [4.78, 5) is 33.3. The van der Waals surface area contributed by atoms with Crippen LogP contribution in [0, 0.1) is 0 Å². The van der Waals surface area contributed by atoms with E-state index in [1.807, 2.05) is 51.7 Å². The molecule has 7 heteroatoms. The third-order valence-electron chi connectivity index (χ3n) is 5.20. The molecule has 3 heterocycles. The summed E-state index contributed by atoms with van der Waals surface area (Å²) in [6, 6.07) is 8.94. The van der Waals surface area contributed by atoms with Gasteiger partial charge < -0.3 is 14.0 Å². The minimum atomic E-state index is -0.0165. The predicted octanol–water partition coefficient (Wildman–Crippen LogP) is 1.08. The number of imidazole rings is 1. The molecule has 1 amide bonds. The molecular formula is C20H23N5O2. The Labute approximate surface area is 157 Å². The second kappa shape index (κ2) is 7.36. The minimum Gasteiger partial charge on any atom is -0.339 e. The molecule has 0 spiro atoms. The molecule has 1 fully saturated rings. The van der Waals surface area contributed by atoms with E-state index in [-0.39, 0.29) is 17.9 Å². The maximum atomic E-state index is 12.8. The Morgan fingerprint density at radius 3 is 2.59 bits per heavy atom. The maximum absolute atomic E-state index is 12.8. The van der Waals surface area contributed by atoms with Gasteiger partial charge in [-0.05, 0) is 12.1 Å². The van der Waals surface area contributed by atoms with Crippen LogP contribution in [0.4, 0.5) is 0 Å². The standard InChI is InChI=1S/C20H23N5O2/c1-22-9-7-21-19(22)14-23-10-12-24(13-11-23)20(27)15-25-8-6-18(26)16-4-2-3-5-17(16)25/h2-9H,10-15H2,1H3. The van der Waals surface area contributed by atoms with Crippen molar-refractivity contribution in [3.8, 4) is 0 Å². The van der Waals surface area contributed by atoms with E-state index in [0.29, 0.717) is 18.5 Å². The van der Waals surface area contributed by atoms with Crippen molar-refractivity contribution in [1.82, 2.24) is 23.9 Å². The number of para-hydroxylation sites is 1. The van der Waals surface area contributed by atoms with Crippen molar-refractivity contribution in [2.24, 2.45) is 7.05 Å². The van der Waals surface area contributed by atoms with Crippen molar-refractivity contribution in [1.29, 1.82) is 0 Å². The molecule has 1 aromatic carbocycles. The number of nitrogens with zero attached hydrogens (tertiary/aromatic N) is 5. The Bertz CT molecular complexity index is 1010. The lowest BCUT2D eigenvalue weighted by Gasteiger charge is -2.34. The smallest absolute Gasteiger partial charge is 0.242 e. The number of carbonyl (C=O) groups is 1. The third kappa shape index (κ3) is 3.64. The molecule has 1 aliphatic rings. The lowest BCUT2D eigenvalue weighted by Crippen LogP contribution is -2.49. The Balaban J connectivity index is 1.40. The van der Waals surface area contributed by atoms with E-state index in [2.05, 4.69) is 9.88 Å². The fourth-order valence-electron chi connectivity index (χ4n) is 3.55. The summed E-state index contributed by atoms with van der Waals surface area (Å²) < 4.78 is 3.89. The van der Waals surface area contributed by atoms with Gasteiger partial charge in [-0.25, -0.2) is 4.98 Å². The SMILES string of the molecule is Cn1ccnc1CN1CCN(C(=O)Cn2ccc(=O)c3ccccc32)CC1. The van der Waals surface area contributed by atoms with Gasteiger partial charge in [0.25, 0.3) is 0 Å². The molecular weight excluding hydrogens is 342 g/mol. The first-order valence-corrected chi connectivity index (χ1v) is 9.16. The number of pyridine rings is 1. The highest BCUT2D eigenvalue weighted by molar-refractivity contribution is 5.82. The molecule has 0 unspecified atom stereocenters. The van der Waals surface area contributed by atoms with Crippen LogP contribution in [-0.4, -0.2) is 56.0 Å². The molecule has 3 aromatic rings. The molecule has 0 bridgehead atoms. The van der Waals surface area contributed by atoms with E-state index >= 15 is 0 Å². The van der Waals surface area contributed by atoms with E-state index in [0.717, 1.165) is 31.0 Å². The molecule has 0 saturated carbocycles. The topological polar surface area (TPSA) is 63.4 Å². The highest BCUT2D eigenvalue weighted by atomic mass is 16.2. The Morgan fingerprint density at radius 1 is 1.07 bits per heavy atom. The van der Waals surface area contributed by atoms with Gasteiger partial charge in [-0.3, -0.25) is 14.5 Å². The van der Waals surface area contributed by atoms with Crippen LogP contribution in [0.3, 0.4) is 0 Å². The first-order chi connectivity index (χ1) is 13.1. The summed E-state index contributed by atoms with van der Waals surface area (Å²) in [5.41, 5.74) is 0.781. The zero-order valence-corrected chi connectivity index (χ0v) is 15.4. The average molecular weight is 365 g/mol. The molecule has 0 atom stereocenters. The van der Waals surface area contributed by atoms with Crippen molar-refractivity contribution in [3.63, 3.8) is 0 Å². The fourth-order valence-corrected chi connectivity index (χ4v) is 3.55. The Kier molecular flexibility index (Phi) is 4.77. The van der Waals surface area contributed by atoms with Crippen LogP contribution < -0.4 is 5.43 Å². The zero-order chi connectivity index (χ0) is 18.8. The number of rotatable bonds is 4. The van der Waals surface area contributed by atoms with Crippen LogP contribution in [0.25, 0.3) is 10.9 Å². The predicted molar refractivity (Wildman–Crippen MR) is 103 cm³/mol. The maximum Gasteiger partial charge on any atom is 0.242 e. The van der Waals surface area contributed by atoms with Crippen molar-refractivity contribution in [3.05, 3.63) is 65.0 Å². The Hall–Kier alpha value is -2.93. The van der Waals surface area contributed by atoms with Gasteiger partial charge in [-0.1, -0.05) is 12.1 Å². The van der Waals surface area contributed by atoms with Crippen LogP contribution >= 0.6 is 0 Å². The van der Waals surface area contributed by atoms with Crippen molar-refractivity contribution < 1.29 is 4.79 Å². The van der Waals surface area contributed by atoms with Crippen LogP contribution in [0.5, 0.6) is 0 Å². The van der Waals surface area contributed by atoms with Gasteiger partial charge in [-0.15, -0.1) is 0 Å². The monoisotopic (exact) mass is 365 g/mol. The number of amides is 1. The molecule has 0 aliphatic carbocycles. The minimum absolute atomic E-state index is 0.0165. The second-order valence-electron chi connectivity index (χ2n) is 6.94. The van der Waals surface area contributed by atoms with Crippen LogP contribution in [0.15, 0.2) is 53.7 Å².